The summed E-state index contributed by atoms with van der Waals surface area (Å²) >= 11 is 0. The second-order valence-electron chi connectivity index (χ2n) is 13.7. The summed E-state index contributed by atoms with van der Waals surface area (Å²) in [5.74, 6) is 1.56. The predicted molar refractivity (Wildman–Crippen MR) is 215 cm³/mol. The second-order valence-corrected chi connectivity index (χ2v) is 13.7. The molecule has 0 saturated carbocycles. The zero-order valence-corrected chi connectivity index (χ0v) is 32.6. The van der Waals surface area contributed by atoms with Crippen molar-refractivity contribution in [2.24, 2.45) is 0 Å². The maximum absolute atomic E-state index is 6.03. The molecule has 0 N–H and O–H groups in total. The number of benzene rings is 6. The van der Waals surface area contributed by atoms with Crippen LogP contribution < -0.4 is 0 Å². The molecule has 1 radical (unpaired) electrons. The summed E-state index contributed by atoms with van der Waals surface area (Å²) in [4.78, 5) is 9.42. The van der Waals surface area contributed by atoms with Crippen LogP contribution in [0.4, 0.5) is 0 Å². The van der Waals surface area contributed by atoms with E-state index in [4.69, 9.17) is 9.40 Å². The molecule has 0 fully saturated rings. The topological polar surface area (TPSA) is 43.9 Å². The normalized spacial score (nSPS) is 11.2. The van der Waals surface area contributed by atoms with Gasteiger partial charge in [-0.3, -0.25) is 4.98 Å². The SMILES string of the molecule is CC(C)c1cccc(C(C)C)c1-n1c(-c2[c-]oc3ccc(-c4ccc5ccccc5c4)cc23)nc2ccccc21.[Ir].[c-]1ccccc1-c1ccccn1. The molecule has 0 unspecified atom stereocenters. The third kappa shape index (κ3) is 7.11. The zero-order valence-electron chi connectivity index (χ0n) is 30.2. The van der Waals surface area contributed by atoms with Crippen molar-refractivity contribution in [2.45, 2.75) is 39.5 Å². The minimum Gasteiger partial charge on any atom is -0.557 e. The number of rotatable bonds is 6. The third-order valence-corrected chi connectivity index (χ3v) is 9.60. The summed E-state index contributed by atoms with van der Waals surface area (Å²) in [7, 11) is 0. The Kier molecular flexibility index (Phi) is 10.5. The van der Waals surface area contributed by atoms with E-state index in [0.717, 1.165) is 50.2 Å². The fourth-order valence-corrected chi connectivity index (χ4v) is 6.95. The van der Waals surface area contributed by atoms with Gasteiger partial charge < -0.3 is 14.0 Å². The molecule has 0 aliphatic heterocycles. The molecule has 0 spiro atoms. The first kappa shape index (κ1) is 35.8. The van der Waals surface area contributed by atoms with Crippen LogP contribution in [-0.2, 0) is 20.1 Å². The van der Waals surface area contributed by atoms with Crippen LogP contribution in [0.25, 0.3) is 72.2 Å². The molecule has 0 saturated heterocycles. The Morgan fingerprint density at radius 3 is 2.08 bits per heavy atom. The first-order valence-electron chi connectivity index (χ1n) is 17.9. The third-order valence-electron chi connectivity index (χ3n) is 9.60. The van der Waals surface area contributed by atoms with Crippen molar-refractivity contribution in [2.75, 3.05) is 0 Å². The summed E-state index contributed by atoms with van der Waals surface area (Å²) in [5, 5.41) is 3.48. The number of pyridine rings is 1. The summed E-state index contributed by atoms with van der Waals surface area (Å²) in [5.41, 5.74) is 11.9. The van der Waals surface area contributed by atoms with Gasteiger partial charge in [-0.05, 0) is 74.8 Å². The largest absolute Gasteiger partial charge is 0.557 e. The molecule has 3 aromatic heterocycles. The van der Waals surface area contributed by atoms with E-state index in [0.29, 0.717) is 11.8 Å². The van der Waals surface area contributed by atoms with E-state index < -0.39 is 0 Å². The standard InChI is InChI=1S/C37H31N2O.C11H8N.Ir/c1-23(2)29-12-9-13-30(24(3)4)36(29)39-34-15-8-7-14-33(34)38-37(39)32-22-40-35-19-18-28(21-31(32)35)27-17-16-25-10-5-6-11-26(25)20-27;1-2-6-10(7-3-1)11-8-4-5-9-12-11;/h5-21,23-24H,1-4H3;1-6,8-9H;/q2*-1;. The Labute approximate surface area is 324 Å². The van der Waals surface area contributed by atoms with Crippen LogP contribution in [0.1, 0.15) is 50.7 Å². The van der Waals surface area contributed by atoms with Crippen LogP contribution in [0, 0.1) is 12.3 Å². The van der Waals surface area contributed by atoms with Crippen molar-refractivity contribution in [1.29, 1.82) is 0 Å². The molecule has 3 heterocycles. The van der Waals surface area contributed by atoms with Crippen LogP contribution in [0.5, 0.6) is 0 Å². The molecule has 0 bridgehead atoms. The number of imidazole rings is 1. The van der Waals surface area contributed by atoms with Gasteiger partial charge in [-0.1, -0.05) is 136 Å². The zero-order chi connectivity index (χ0) is 35.6. The van der Waals surface area contributed by atoms with Crippen molar-refractivity contribution >= 4 is 32.8 Å². The van der Waals surface area contributed by atoms with Gasteiger partial charge in [0.2, 0.25) is 0 Å². The minimum absolute atomic E-state index is 0. The summed E-state index contributed by atoms with van der Waals surface area (Å²) in [6.45, 7) is 9.04. The molecule has 0 aliphatic rings. The average molecular weight is 866 g/mol. The maximum atomic E-state index is 6.03. The molecule has 0 aliphatic carbocycles. The predicted octanol–water partition coefficient (Wildman–Crippen LogP) is 12.9. The van der Waals surface area contributed by atoms with E-state index in [1.54, 1.807) is 6.20 Å². The number of hydrogen-bond donors (Lipinski definition) is 0. The number of hydrogen-bond acceptors (Lipinski definition) is 3. The van der Waals surface area contributed by atoms with Crippen LogP contribution >= 0.6 is 0 Å². The molecule has 6 aromatic carbocycles. The molecule has 4 nitrogen and oxygen atoms in total. The number of furan rings is 1. The van der Waals surface area contributed by atoms with E-state index >= 15 is 0 Å². The molecular formula is C48H39IrN3O-2. The van der Waals surface area contributed by atoms with Gasteiger partial charge in [0.25, 0.3) is 0 Å². The Morgan fingerprint density at radius 1 is 0.642 bits per heavy atom. The van der Waals surface area contributed by atoms with Gasteiger partial charge in [-0.15, -0.1) is 35.9 Å². The number of fused-ring (bicyclic) bond motifs is 3. The van der Waals surface area contributed by atoms with Gasteiger partial charge in [0.1, 0.15) is 0 Å². The number of aromatic nitrogens is 3. The smallest absolute Gasteiger partial charge is 0.0774 e. The van der Waals surface area contributed by atoms with Gasteiger partial charge in [0.15, 0.2) is 0 Å². The van der Waals surface area contributed by atoms with Gasteiger partial charge in [0, 0.05) is 43.8 Å². The molecule has 5 heteroatoms. The number of nitrogens with zero attached hydrogens (tertiary/aromatic N) is 3. The van der Waals surface area contributed by atoms with E-state index in [9.17, 15) is 0 Å². The molecular weight excluding hydrogens is 827 g/mol. The summed E-state index contributed by atoms with van der Waals surface area (Å²) in [6.07, 6.45) is 5.04. The van der Waals surface area contributed by atoms with Crippen molar-refractivity contribution in [3.8, 4) is 39.5 Å². The fourth-order valence-electron chi connectivity index (χ4n) is 6.95. The van der Waals surface area contributed by atoms with E-state index in [1.165, 1.54) is 33.2 Å². The van der Waals surface area contributed by atoms with E-state index in [2.05, 4.69) is 153 Å². The van der Waals surface area contributed by atoms with Crippen molar-refractivity contribution in [3.05, 3.63) is 175 Å². The summed E-state index contributed by atoms with van der Waals surface area (Å²) in [6, 6.07) is 53.4. The Balaban J connectivity index is 0.000000284. The summed E-state index contributed by atoms with van der Waals surface area (Å²) < 4.78 is 8.37. The maximum Gasteiger partial charge on any atom is 0.0774 e. The Hall–Kier alpha value is -5.61. The number of para-hydroxylation sites is 3. The van der Waals surface area contributed by atoms with E-state index in [-0.39, 0.29) is 20.1 Å². The van der Waals surface area contributed by atoms with Gasteiger partial charge in [0.05, 0.1) is 16.9 Å². The molecule has 53 heavy (non-hydrogen) atoms. The van der Waals surface area contributed by atoms with Crippen molar-refractivity contribution < 1.29 is 24.5 Å². The van der Waals surface area contributed by atoms with Crippen LogP contribution in [0.3, 0.4) is 0 Å². The van der Waals surface area contributed by atoms with Crippen LogP contribution in [0.2, 0.25) is 0 Å². The Morgan fingerprint density at radius 2 is 1.34 bits per heavy atom. The van der Waals surface area contributed by atoms with Crippen molar-refractivity contribution in [3.63, 3.8) is 0 Å². The monoisotopic (exact) mass is 866 g/mol. The molecule has 0 amide bonds. The first-order valence-corrected chi connectivity index (χ1v) is 17.9. The van der Waals surface area contributed by atoms with E-state index in [1.807, 2.05) is 42.5 Å². The molecule has 0 atom stereocenters. The first-order chi connectivity index (χ1) is 25.5. The average Bonchev–Trinajstić information content (AvgIpc) is 3.79. The van der Waals surface area contributed by atoms with Crippen molar-refractivity contribution in [1.82, 2.24) is 14.5 Å². The second kappa shape index (κ2) is 15.6. The fraction of sp³-hybridized carbons (Fsp3) is 0.125. The minimum atomic E-state index is 0. The van der Waals surface area contributed by atoms with Gasteiger partial charge >= 0.3 is 0 Å². The Bertz CT molecular complexity index is 2570. The van der Waals surface area contributed by atoms with Crippen LogP contribution in [0.15, 0.2) is 156 Å². The quantitative estimate of drug-likeness (QED) is 0.156. The molecule has 9 rings (SSSR count). The van der Waals surface area contributed by atoms with Crippen LogP contribution in [-0.4, -0.2) is 14.5 Å². The molecule has 263 valence electrons. The van der Waals surface area contributed by atoms with Gasteiger partial charge in [-0.25, -0.2) is 0 Å². The molecule has 9 aromatic rings. The van der Waals surface area contributed by atoms with Gasteiger partial charge in [-0.2, -0.15) is 0 Å².